The van der Waals surface area contributed by atoms with Crippen molar-refractivity contribution in [3.63, 3.8) is 0 Å². The Morgan fingerprint density at radius 3 is 2.45 bits per heavy atom. The van der Waals surface area contributed by atoms with Crippen molar-refractivity contribution in [2.45, 2.75) is 97.2 Å². The summed E-state index contributed by atoms with van der Waals surface area (Å²) >= 11 is 6.54. The summed E-state index contributed by atoms with van der Waals surface area (Å²) in [6.45, 7) is 20.5. The van der Waals surface area contributed by atoms with Crippen LogP contribution in [0, 0.1) is 6.92 Å². The third-order valence-corrected chi connectivity index (χ3v) is 12.5. The van der Waals surface area contributed by atoms with Gasteiger partial charge in [0.05, 0.1) is 12.6 Å². The molecule has 0 bridgehead atoms. The zero-order valence-corrected chi connectivity index (χ0v) is 28.7. The van der Waals surface area contributed by atoms with Gasteiger partial charge in [0.1, 0.15) is 28.9 Å². The molecular formula is C31H49ClN4O5Si. The lowest BCUT2D eigenvalue weighted by molar-refractivity contribution is 0.0172. The van der Waals surface area contributed by atoms with Crippen LogP contribution < -0.4 is 10.1 Å². The van der Waals surface area contributed by atoms with Gasteiger partial charge >= 0.3 is 6.09 Å². The fraction of sp³-hybridized carbons (Fsp3) is 0.645. The second-order valence-corrected chi connectivity index (χ2v) is 18.7. The van der Waals surface area contributed by atoms with Crippen LogP contribution in [0.4, 0.5) is 10.6 Å². The third-order valence-electron chi connectivity index (χ3n) is 7.63. The average Bonchev–Trinajstić information content (AvgIpc) is 2.88. The highest BCUT2D eigenvalue weighted by atomic mass is 35.5. The number of likely N-dealkylation sites (N-methyl/N-ethyl adjacent to an activating group) is 1. The number of hydrogen-bond acceptors (Lipinski definition) is 8. The molecule has 0 radical (unpaired) electrons. The van der Waals surface area contributed by atoms with E-state index in [1.165, 1.54) is 0 Å². The lowest BCUT2D eigenvalue weighted by Gasteiger charge is -2.40. The summed E-state index contributed by atoms with van der Waals surface area (Å²) in [5.74, 6) is 1.90. The van der Waals surface area contributed by atoms with Gasteiger partial charge in [0, 0.05) is 37.4 Å². The number of ether oxygens (including phenoxy) is 3. The summed E-state index contributed by atoms with van der Waals surface area (Å²) in [5.41, 5.74) is 1.02. The Hall–Kier alpha value is -2.40. The minimum Gasteiger partial charge on any atom is -0.491 e. The molecule has 1 aromatic carbocycles. The van der Waals surface area contributed by atoms with Crippen LogP contribution in [0.15, 0.2) is 24.3 Å². The minimum atomic E-state index is -2.16. The molecule has 3 rings (SSSR count). The molecule has 11 heteroatoms. The summed E-state index contributed by atoms with van der Waals surface area (Å²) in [5, 5.41) is 3.93. The fourth-order valence-corrected chi connectivity index (χ4v) is 5.64. The maximum Gasteiger partial charge on any atom is 0.410 e. The second-order valence-electron chi connectivity index (χ2n) is 13.5. The van der Waals surface area contributed by atoms with E-state index in [4.69, 9.17) is 35.2 Å². The number of carbonyl (C=O) groups is 1. The van der Waals surface area contributed by atoms with E-state index in [1.807, 2.05) is 52.0 Å². The van der Waals surface area contributed by atoms with Crippen LogP contribution in [0.5, 0.6) is 5.75 Å². The van der Waals surface area contributed by atoms with Crippen LogP contribution in [-0.4, -0.2) is 80.4 Å². The van der Waals surface area contributed by atoms with Gasteiger partial charge in [-0.25, -0.2) is 14.8 Å². The van der Waals surface area contributed by atoms with Crippen LogP contribution in [0.2, 0.25) is 23.3 Å². The normalized spacial score (nSPS) is 15.7. The fourth-order valence-electron chi connectivity index (χ4n) is 4.15. The quantitative estimate of drug-likeness (QED) is 0.218. The van der Waals surface area contributed by atoms with Crippen LogP contribution >= 0.6 is 11.6 Å². The van der Waals surface area contributed by atoms with E-state index in [2.05, 4.69) is 44.2 Å². The monoisotopic (exact) mass is 620 g/mol. The molecule has 0 aliphatic carbocycles. The lowest BCUT2D eigenvalue weighted by atomic mass is 10.1. The van der Waals surface area contributed by atoms with Crippen molar-refractivity contribution in [3.8, 4) is 17.1 Å². The number of nitrogens with zero attached hydrogens (tertiary/aromatic N) is 3. The number of aromatic nitrogens is 2. The van der Waals surface area contributed by atoms with Gasteiger partial charge in [-0.3, -0.25) is 0 Å². The van der Waals surface area contributed by atoms with E-state index in [1.54, 1.807) is 11.9 Å². The maximum absolute atomic E-state index is 12.7. The van der Waals surface area contributed by atoms with Crippen LogP contribution in [0.1, 0.15) is 59.9 Å². The Labute approximate surface area is 257 Å². The van der Waals surface area contributed by atoms with Gasteiger partial charge in [0.25, 0.3) is 0 Å². The predicted molar refractivity (Wildman–Crippen MR) is 171 cm³/mol. The molecule has 1 aliphatic heterocycles. The molecule has 1 N–H and O–H groups in total. The highest BCUT2D eigenvalue weighted by Gasteiger charge is 2.40. The van der Waals surface area contributed by atoms with E-state index in [9.17, 15) is 4.79 Å². The number of benzene rings is 1. The molecule has 1 unspecified atom stereocenters. The van der Waals surface area contributed by atoms with Crippen molar-refractivity contribution < 1.29 is 23.4 Å². The number of amides is 1. The van der Waals surface area contributed by atoms with Crippen molar-refractivity contribution >= 4 is 31.8 Å². The molecule has 0 spiro atoms. The number of hydrogen-bond donors (Lipinski definition) is 1. The van der Waals surface area contributed by atoms with Crippen LogP contribution in [-0.2, 0) is 13.9 Å². The number of carbonyl (C=O) groups excluding carboxylic acids is 1. The zero-order valence-electron chi connectivity index (χ0n) is 27.0. The average molecular weight is 621 g/mol. The Morgan fingerprint density at radius 2 is 1.83 bits per heavy atom. The smallest absolute Gasteiger partial charge is 0.410 e. The van der Waals surface area contributed by atoms with Gasteiger partial charge in [-0.05, 0) is 70.8 Å². The van der Waals surface area contributed by atoms with E-state index in [0.717, 1.165) is 43.0 Å². The molecule has 1 fully saturated rings. The Kier molecular flexibility index (Phi) is 11.3. The van der Waals surface area contributed by atoms with Crippen molar-refractivity contribution in [1.29, 1.82) is 0 Å². The third kappa shape index (κ3) is 9.82. The minimum absolute atomic E-state index is 0.00586. The lowest BCUT2D eigenvalue weighted by Crippen LogP contribution is -2.49. The van der Waals surface area contributed by atoms with Crippen molar-refractivity contribution in [3.05, 3.63) is 35.0 Å². The molecule has 1 atom stereocenters. The molecule has 0 saturated carbocycles. The van der Waals surface area contributed by atoms with Gasteiger partial charge in [-0.1, -0.05) is 44.5 Å². The summed E-state index contributed by atoms with van der Waals surface area (Å²) < 4.78 is 24.0. The van der Waals surface area contributed by atoms with Gasteiger partial charge in [0.2, 0.25) is 0 Å². The topological polar surface area (TPSA) is 95.0 Å². The number of halogens is 1. The number of rotatable bonds is 10. The first kappa shape index (κ1) is 34.1. The Balaban J connectivity index is 1.79. The van der Waals surface area contributed by atoms with E-state index < -0.39 is 20.0 Å². The highest BCUT2D eigenvalue weighted by Crippen LogP contribution is 2.37. The van der Waals surface area contributed by atoms with Gasteiger partial charge in [-0.15, -0.1) is 0 Å². The number of nitrogens with one attached hydrogen (secondary N) is 1. The Bertz CT molecular complexity index is 1210. The summed E-state index contributed by atoms with van der Waals surface area (Å²) in [4.78, 5) is 23.6. The van der Waals surface area contributed by atoms with Crippen LogP contribution in [0.25, 0.3) is 11.4 Å². The molecular weight excluding hydrogens is 572 g/mol. The van der Waals surface area contributed by atoms with E-state index in [0.29, 0.717) is 23.3 Å². The molecule has 1 amide bonds. The summed E-state index contributed by atoms with van der Waals surface area (Å²) in [7, 11) is -0.440. The van der Waals surface area contributed by atoms with E-state index >= 15 is 0 Å². The standard InChI is InChI=1S/C31H49ClN4O5Si/c1-21-26(32)34-28(35-27(21)33-23-14-16-38-17-15-23)22-12-11-13-24(18-22)39-20-25(41-42(9,10)31(5,6)7)19-36(8)29(37)40-30(2,3)4/h11-13,18,23,25H,14-17,19-20H2,1-10H3,(H,33,34,35). The molecule has 2 aromatic rings. The molecule has 234 valence electrons. The first-order chi connectivity index (χ1) is 19.4. The van der Waals surface area contributed by atoms with Crippen LogP contribution in [0.3, 0.4) is 0 Å². The first-order valence-corrected chi connectivity index (χ1v) is 18.0. The predicted octanol–water partition coefficient (Wildman–Crippen LogP) is 7.33. The van der Waals surface area contributed by atoms with Crippen molar-refractivity contribution in [2.24, 2.45) is 0 Å². The first-order valence-electron chi connectivity index (χ1n) is 14.7. The molecule has 42 heavy (non-hydrogen) atoms. The molecule has 2 heterocycles. The van der Waals surface area contributed by atoms with Gasteiger partial charge < -0.3 is 28.9 Å². The second kappa shape index (κ2) is 13.9. The summed E-state index contributed by atoms with van der Waals surface area (Å²) in [6, 6.07) is 7.92. The largest absolute Gasteiger partial charge is 0.491 e. The summed E-state index contributed by atoms with van der Waals surface area (Å²) in [6.07, 6.45) is 1.08. The zero-order chi connectivity index (χ0) is 31.3. The maximum atomic E-state index is 12.7. The molecule has 9 nitrogen and oxygen atoms in total. The van der Waals surface area contributed by atoms with E-state index in [-0.39, 0.29) is 23.8 Å². The Morgan fingerprint density at radius 1 is 1.17 bits per heavy atom. The van der Waals surface area contributed by atoms with Gasteiger partial charge in [-0.2, -0.15) is 0 Å². The van der Waals surface area contributed by atoms with Crippen molar-refractivity contribution in [1.82, 2.24) is 14.9 Å². The molecule has 1 aliphatic rings. The highest BCUT2D eigenvalue weighted by molar-refractivity contribution is 6.74. The SMILES string of the molecule is Cc1c(Cl)nc(-c2cccc(OCC(CN(C)C(=O)OC(C)(C)C)O[Si](C)(C)C(C)(C)C)c2)nc1NC1CCOCC1. The van der Waals surface area contributed by atoms with Gasteiger partial charge in [0.15, 0.2) is 14.1 Å². The van der Waals surface area contributed by atoms with Crippen molar-refractivity contribution in [2.75, 3.05) is 38.7 Å². The number of anilines is 1. The molecule has 1 aromatic heterocycles. The molecule has 1 saturated heterocycles.